The number of rotatable bonds is 13. The van der Waals surface area contributed by atoms with Gasteiger partial charge in [-0.2, -0.15) is 0 Å². The molecule has 5 nitrogen and oxygen atoms in total. The van der Waals surface area contributed by atoms with E-state index in [4.69, 9.17) is 9.05 Å². The Bertz CT molecular complexity index is 508. The van der Waals surface area contributed by atoms with Gasteiger partial charge in [-0.15, -0.1) is 0 Å². The van der Waals surface area contributed by atoms with Crippen molar-refractivity contribution in [2.75, 3.05) is 24.7 Å². The average molecular weight is 482 g/mol. The van der Waals surface area contributed by atoms with Crippen LogP contribution >= 0.6 is 32.0 Å². The Kier molecular flexibility index (Phi) is 14.7. The van der Waals surface area contributed by atoms with E-state index in [1.165, 1.54) is 23.5 Å². The highest BCUT2D eigenvalue weighted by Gasteiger charge is 2.28. The van der Waals surface area contributed by atoms with Crippen LogP contribution in [-0.4, -0.2) is 51.7 Å². The summed E-state index contributed by atoms with van der Waals surface area (Å²) in [6.07, 6.45) is 1.84. The molecule has 0 aromatic carbocycles. The molecular formula is C22H44NO4PS2. The molecule has 0 amide bonds. The van der Waals surface area contributed by atoms with Gasteiger partial charge in [0.25, 0.3) is 8.53 Å². The maximum absolute atomic E-state index is 12.1. The Hall–Kier alpha value is 0.350. The third kappa shape index (κ3) is 13.0. The van der Waals surface area contributed by atoms with Gasteiger partial charge in [0.15, 0.2) is 10.2 Å². The first-order chi connectivity index (χ1) is 13.7. The molecule has 0 fully saturated rings. The molecule has 0 saturated heterocycles. The zero-order chi connectivity index (χ0) is 23.5. The molecule has 0 radical (unpaired) electrons. The molecule has 30 heavy (non-hydrogen) atoms. The monoisotopic (exact) mass is 481 g/mol. The maximum Gasteiger partial charge on any atom is 0.259 e. The van der Waals surface area contributed by atoms with Crippen LogP contribution in [0, 0.1) is 10.8 Å². The summed E-state index contributed by atoms with van der Waals surface area (Å²) in [5, 5.41) is 0.422. The highest BCUT2D eigenvalue weighted by molar-refractivity contribution is 8.14. The van der Waals surface area contributed by atoms with Crippen molar-refractivity contribution in [2.45, 2.75) is 94.2 Å². The van der Waals surface area contributed by atoms with Crippen molar-refractivity contribution >= 4 is 42.3 Å². The molecule has 0 aromatic rings. The SMILES string of the molecule is CC(C)N(C(C)C)P(OCCCCSC(=O)C(C)(C)C)OCCSC(=O)C(C)(C)C. The van der Waals surface area contributed by atoms with Crippen LogP contribution < -0.4 is 0 Å². The van der Waals surface area contributed by atoms with E-state index in [0.717, 1.165) is 18.6 Å². The number of hydrogen-bond acceptors (Lipinski definition) is 7. The van der Waals surface area contributed by atoms with Gasteiger partial charge in [0.1, 0.15) is 0 Å². The Morgan fingerprint density at radius 3 is 1.63 bits per heavy atom. The zero-order valence-electron chi connectivity index (χ0n) is 20.7. The smallest absolute Gasteiger partial charge is 0.259 e. The second-order valence-electron chi connectivity index (χ2n) is 9.95. The second-order valence-corrected chi connectivity index (χ2v) is 13.5. The summed E-state index contributed by atoms with van der Waals surface area (Å²) in [5.74, 6) is 1.45. The lowest BCUT2D eigenvalue weighted by Crippen LogP contribution is -2.33. The first kappa shape index (κ1) is 30.4. The van der Waals surface area contributed by atoms with E-state index in [9.17, 15) is 9.59 Å². The summed E-state index contributed by atoms with van der Waals surface area (Å²) in [7, 11) is -1.18. The Morgan fingerprint density at radius 1 is 0.767 bits per heavy atom. The number of carbonyl (C=O) groups is 2. The predicted octanol–water partition coefficient (Wildman–Crippen LogP) is 6.76. The van der Waals surface area contributed by atoms with E-state index in [0.29, 0.717) is 31.1 Å². The lowest BCUT2D eigenvalue weighted by Gasteiger charge is -2.35. The third-order valence-electron chi connectivity index (χ3n) is 3.96. The highest BCUT2D eigenvalue weighted by atomic mass is 32.2. The van der Waals surface area contributed by atoms with Crippen LogP contribution in [0.25, 0.3) is 0 Å². The van der Waals surface area contributed by atoms with Gasteiger partial charge in [-0.25, -0.2) is 4.67 Å². The summed E-state index contributed by atoms with van der Waals surface area (Å²) in [4.78, 5) is 24.1. The first-order valence-electron chi connectivity index (χ1n) is 10.9. The lowest BCUT2D eigenvalue weighted by molar-refractivity contribution is -0.118. The summed E-state index contributed by atoms with van der Waals surface area (Å²) in [5.41, 5.74) is -0.620. The van der Waals surface area contributed by atoms with Crippen molar-refractivity contribution in [3.63, 3.8) is 0 Å². The molecule has 0 aliphatic heterocycles. The van der Waals surface area contributed by atoms with E-state index < -0.39 is 8.53 Å². The largest absolute Gasteiger partial charge is 0.322 e. The van der Waals surface area contributed by atoms with Crippen LogP contribution in [0.5, 0.6) is 0 Å². The van der Waals surface area contributed by atoms with Crippen molar-refractivity contribution in [1.29, 1.82) is 0 Å². The quantitative estimate of drug-likeness (QED) is 0.213. The summed E-state index contributed by atoms with van der Waals surface area (Å²) in [6.45, 7) is 21.4. The fraction of sp³-hybridized carbons (Fsp3) is 0.909. The molecule has 0 aromatic heterocycles. The molecule has 0 aliphatic carbocycles. The van der Waals surface area contributed by atoms with Crippen LogP contribution in [0.15, 0.2) is 0 Å². The van der Waals surface area contributed by atoms with Crippen LogP contribution in [0.2, 0.25) is 0 Å². The molecular weight excluding hydrogens is 437 g/mol. The van der Waals surface area contributed by atoms with Gasteiger partial charge < -0.3 is 9.05 Å². The van der Waals surface area contributed by atoms with Gasteiger partial charge in [-0.3, -0.25) is 9.59 Å². The van der Waals surface area contributed by atoms with E-state index >= 15 is 0 Å². The normalized spacial score (nSPS) is 14.0. The highest BCUT2D eigenvalue weighted by Crippen LogP contribution is 2.46. The van der Waals surface area contributed by atoms with Crippen molar-refractivity contribution in [1.82, 2.24) is 4.67 Å². The molecule has 0 saturated carbocycles. The van der Waals surface area contributed by atoms with Gasteiger partial charge in [0, 0.05) is 34.4 Å². The minimum absolute atomic E-state index is 0.184. The Balaban J connectivity index is 4.52. The van der Waals surface area contributed by atoms with Crippen LogP contribution in [0.1, 0.15) is 82.1 Å². The molecule has 0 spiro atoms. The summed E-state index contributed by atoms with van der Waals surface area (Å²) < 4.78 is 14.5. The van der Waals surface area contributed by atoms with Crippen molar-refractivity contribution in [3.8, 4) is 0 Å². The first-order valence-corrected chi connectivity index (χ1v) is 14.0. The molecule has 0 heterocycles. The number of unbranched alkanes of at least 4 members (excludes halogenated alkanes) is 1. The summed E-state index contributed by atoms with van der Waals surface area (Å²) >= 11 is 2.75. The van der Waals surface area contributed by atoms with E-state index in [1.807, 2.05) is 41.5 Å². The number of hydrogen-bond donors (Lipinski definition) is 0. The summed E-state index contributed by atoms with van der Waals surface area (Å²) in [6, 6.07) is 0.611. The van der Waals surface area contributed by atoms with E-state index in [-0.39, 0.29) is 21.1 Å². The van der Waals surface area contributed by atoms with E-state index in [2.05, 4.69) is 32.4 Å². The second kappa shape index (κ2) is 14.5. The minimum atomic E-state index is -1.18. The molecule has 178 valence electrons. The van der Waals surface area contributed by atoms with Crippen LogP contribution in [0.3, 0.4) is 0 Å². The zero-order valence-corrected chi connectivity index (χ0v) is 23.3. The topological polar surface area (TPSA) is 55.8 Å². The van der Waals surface area contributed by atoms with Crippen molar-refractivity contribution in [2.24, 2.45) is 10.8 Å². The third-order valence-corrected chi connectivity index (χ3v) is 8.68. The average Bonchev–Trinajstić information content (AvgIpc) is 2.58. The Labute approximate surface area is 195 Å². The van der Waals surface area contributed by atoms with E-state index in [1.54, 1.807) is 0 Å². The minimum Gasteiger partial charge on any atom is -0.322 e. The molecule has 0 N–H and O–H groups in total. The van der Waals surface area contributed by atoms with Crippen molar-refractivity contribution < 1.29 is 18.6 Å². The van der Waals surface area contributed by atoms with Gasteiger partial charge >= 0.3 is 0 Å². The molecule has 1 unspecified atom stereocenters. The molecule has 0 aliphatic rings. The van der Waals surface area contributed by atoms with Gasteiger partial charge in [0.2, 0.25) is 0 Å². The Morgan fingerprint density at radius 2 is 1.20 bits per heavy atom. The van der Waals surface area contributed by atoms with Crippen LogP contribution in [-0.2, 0) is 18.6 Å². The lowest BCUT2D eigenvalue weighted by atomic mass is 9.99. The molecule has 0 rings (SSSR count). The molecule has 8 heteroatoms. The number of carbonyl (C=O) groups excluding carboxylic acids is 2. The fourth-order valence-corrected chi connectivity index (χ4v) is 5.84. The number of nitrogens with zero attached hydrogens (tertiary/aromatic N) is 1. The number of thioether (sulfide) groups is 2. The molecule has 0 bridgehead atoms. The molecule has 1 atom stereocenters. The fourth-order valence-electron chi connectivity index (χ4n) is 2.34. The maximum atomic E-state index is 12.1. The van der Waals surface area contributed by atoms with Crippen LogP contribution in [0.4, 0.5) is 0 Å². The standard InChI is InChI=1S/C22H44NO4PS2/c1-17(2)23(18(3)4)28(27-14-16-30-20(25)22(8,9)10)26-13-11-12-15-29-19(24)21(5,6)7/h17-18H,11-16H2,1-10H3. The van der Waals surface area contributed by atoms with Gasteiger partial charge in [-0.05, 0) is 40.5 Å². The van der Waals surface area contributed by atoms with Gasteiger partial charge in [-0.1, -0.05) is 65.1 Å². The van der Waals surface area contributed by atoms with Crippen molar-refractivity contribution in [3.05, 3.63) is 0 Å². The van der Waals surface area contributed by atoms with Gasteiger partial charge in [0.05, 0.1) is 13.2 Å². The predicted molar refractivity (Wildman–Crippen MR) is 134 cm³/mol.